The summed E-state index contributed by atoms with van der Waals surface area (Å²) in [4.78, 5) is 10.9. The smallest absolute Gasteiger partial charge is 0.219 e. The molecule has 0 heterocycles. The van der Waals surface area contributed by atoms with Crippen molar-refractivity contribution in [1.29, 1.82) is 0 Å². The van der Waals surface area contributed by atoms with Crippen molar-refractivity contribution in [2.75, 3.05) is 26.9 Å². The number of carbonyl (C=O) groups is 1. The van der Waals surface area contributed by atoms with Crippen LogP contribution in [0.4, 0.5) is 0 Å². The summed E-state index contributed by atoms with van der Waals surface area (Å²) >= 11 is 0. The highest BCUT2D eigenvalue weighted by Crippen LogP contribution is 2.07. The zero-order valence-corrected chi connectivity index (χ0v) is 10.1. The minimum atomic E-state index is 0.0501. The average Bonchev–Trinajstić information content (AvgIpc) is 2.38. The first-order chi connectivity index (χ1) is 8.33. The first-order valence-corrected chi connectivity index (χ1v) is 5.79. The van der Waals surface area contributed by atoms with E-state index in [2.05, 4.69) is 5.32 Å². The van der Waals surface area contributed by atoms with Gasteiger partial charge in [0.1, 0.15) is 12.4 Å². The van der Waals surface area contributed by atoms with Gasteiger partial charge in [-0.2, -0.15) is 0 Å². The van der Waals surface area contributed by atoms with E-state index >= 15 is 0 Å². The molecule has 0 bridgehead atoms. The van der Waals surface area contributed by atoms with Gasteiger partial charge in [-0.05, 0) is 18.6 Å². The molecule has 0 aliphatic carbocycles. The maximum absolute atomic E-state index is 10.9. The molecule has 0 atom stereocenters. The molecule has 0 saturated heterocycles. The van der Waals surface area contributed by atoms with Gasteiger partial charge in [-0.1, -0.05) is 18.2 Å². The summed E-state index contributed by atoms with van der Waals surface area (Å²) in [5.41, 5.74) is 0. The molecule has 1 aromatic rings. The van der Waals surface area contributed by atoms with Gasteiger partial charge in [-0.15, -0.1) is 0 Å². The number of hydrogen-bond donors (Lipinski definition) is 1. The molecule has 1 aromatic carbocycles. The molecular formula is C13H19NO3. The maximum atomic E-state index is 10.9. The number of ether oxygens (including phenoxy) is 2. The van der Waals surface area contributed by atoms with Crippen LogP contribution in [0.2, 0.25) is 0 Å². The van der Waals surface area contributed by atoms with Crippen molar-refractivity contribution in [2.24, 2.45) is 0 Å². The van der Waals surface area contributed by atoms with E-state index in [1.165, 1.54) is 0 Å². The molecule has 4 heteroatoms. The molecule has 1 N–H and O–H groups in total. The second-order valence-corrected chi connectivity index (χ2v) is 3.55. The summed E-state index contributed by atoms with van der Waals surface area (Å²) in [5.74, 6) is 0.899. The highest BCUT2D eigenvalue weighted by Gasteiger charge is 1.97. The number of amides is 1. The minimum Gasteiger partial charge on any atom is -0.491 e. The van der Waals surface area contributed by atoms with Crippen LogP contribution in [0.15, 0.2) is 30.3 Å². The summed E-state index contributed by atoms with van der Waals surface area (Å²) < 4.78 is 10.8. The maximum Gasteiger partial charge on any atom is 0.219 e. The third-order valence-electron chi connectivity index (χ3n) is 2.21. The van der Waals surface area contributed by atoms with Gasteiger partial charge in [0.25, 0.3) is 0 Å². The summed E-state index contributed by atoms with van der Waals surface area (Å²) in [7, 11) is 1.64. The van der Waals surface area contributed by atoms with Crippen LogP contribution < -0.4 is 10.1 Å². The highest BCUT2D eigenvalue weighted by molar-refractivity contribution is 5.75. The second-order valence-electron chi connectivity index (χ2n) is 3.55. The molecule has 0 aliphatic heterocycles. The minimum absolute atomic E-state index is 0.0501. The van der Waals surface area contributed by atoms with E-state index in [0.29, 0.717) is 26.2 Å². The van der Waals surface area contributed by atoms with Crippen LogP contribution in [0, 0.1) is 0 Å². The Morgan fingerprint density at radius 2 is 1.94 bits per heavy atom. The van der Waals surface area contributed by atoms with E-state index in [-0.39, 0.29) is 5.91 Å². The van der Waals surface area contributed by atoms with Crippen molar-refractivity contribution in [3.8, 4) is 5.75 Å². The number of para-hydroxylation sites is 1. The Kier molecular flexibility index (Phi) is 6.82. The molecule has 0 saturated carbocycles. The Labute approximate surface area is 102 Å². The zero-order chi connectivity index (χ0) is 12.3. The molecule has 1 rings (SSSR count). The number of benzene rings is 1. The predicted octanol–water partition coefficient (Wildman–Crippen LogP) is 1.61. The Hall–Kier alpha value is -1.55. The molecule has 0 aliphatic rings. The molecule has 0 unspecified atom stereocenters. The third kappa shape index (κ3) is 6.58. The molecule has 1 amide bonds. The van der Waals surface area contributed by atoms with Crippen LogP contribution in [0.25, 0.3) is 0 Å². The lowest BCUT2D eigenvalue weighted by molar-refractivity contribution is -0.120. The number of hydrogen-bond acceptors (Lipinski definition) is 3. The van der Waals surface area contributed by atoms with Gasteiger partial charge in [-0.3, -0.25) is 4.79 Å². The van der Waals surface area contributed by atoms with Gasteiger partial charge in [0.15, 0.2) is 0 Å². The SMILES string of the molecule is CNC(=O)CCCOCCOc1ccccc1. The van der Waals surface area contributed by atoms with Crippen LogP contribution in [-0.4, -0.2) is 32.8 Å². The Morgan fingerprint density at radius 3 is 2.65 bits per heavy atom. The second kappa shape index (κ2) is 8.58. The zero-order valence-electron chi connectivity index (χ0n) is 10.1. The van der Waals surface area contributed by atoms with Gasteiger partial charge in [0, 0.05) is 20.1 Å². The van der Waals surface area contributed by atoms with E-state index in [4.69, 9.17) is 9.47 Å². The monoisotopic (exact) mass is 237 g/mol. The summed E-state index contributed by atoms with van der Waals surface area (Å²) in [6.45, 7) is 1.66. The van der Waals surface area contributed by atoms with Crippen molar-refractivity contribution >= 4 is 5.91 Å². The highest BCUT2D eigenvalue weighted by atomic mass is 16.5. The molecule has 17 heavy (non-hydrogen) atoms. The first-order valence-electron chi connectivity index (χ1n) is 5.79. The van der Waals surface area contributed by atoms with E-state index in [1.807, 2.05) is 30.3 Å². The van der Waals surface area contributed by atoms with Gasteiger partial charge in [-0.25, -0.2) is 0 Å². The van der Waals surface area contributed by atoms with Crippen molar-refractivity contribution in [3.63, 3.8) is 0 Å². The van der Waals surface area contributed by atoms with Crippen LogP contribution in [0.3, 0.4) is 0 Å². The molecule has 94 valence electrons. The summed E-state index contributed by atoms with van der Waals surface area (Å²) in [6.07, 6.45) is 1.25. The lowest BCUT2D eigenvalue weighted by Gasteiger charge is -2.06. The third-order valence-corrected chi connectivity index (χ3v) is 2.21. The van der Waals surface area contributed by atoms with E-state index in [1.54, 1.807) is 7.05 Å². The Bertz CT molecular complexity index is 314. The molecule has 0 fully saturated rings. The van der Waals surface area contributed by atoms with Gasteiger partial charge in [0.2, 0.25) is 5.91 Å². The van der Waals surface area contributed by atoms with Crippen LogP contribution in [0.5, 0.6) is 5.75 Å². The fourth-order valence-corrected chi connectivity index (χ4v) is 1.30. The molecule has 0 aromatic heterocycles. The molecular weight excluding hydrogens is 218 g/mol. The van der Waals surface area contributed by atoms with Crippen molar-refractivity contribution in [1.82, 2.24) is 5.32 Å². The molecule has 0 radical (unpaired) electrons. The Morgan fingerprint density at radius 1 is 1.18 bits per heavy atom. The molecule has 4 nitrogen and oxygen atoms in total. The largest absolute Gasteiger partial charge is 0.491 e. The standard InChI is InChI=1S/C13H19NO3/c1-14-13(15)8-5-9-16-10-11-17-12-6-3-2-4-7-12/h2-4,6-7H,5,8-11H2,1H3,(H,14,15). The van der Waals surface area contributed by atoms with Gasteiger partial charge in [0.05, 0.1) is 6.61 Å². The predicted molar refractivity (Wildman–Crippen MR) is 66.1 cm³/mol. The summed E-state index contributed by atoms with van der Waals surface area (Å²) in [6, 6.07) is 9.62. The number of carbonyl (C=O) groups excluding carboxylic acids is 1. The van der Waals surface area contributed by atoms with E-state index in [0.717, 1.165) is 12.2 Å². The fourth-order valence-electron chi connectivity index (χ4n) is 1.30. The average molecular weight is 237 g/mol. The van der Waals surface area contributed by atoms with Crippen LogP contribution in [0.1, 0.15) is 12.8 Å². The van der Waals surface area contributed by atoms with Crippen molar-refractivity contribution in [2.45, 2.75) is 12.8 Å². The summed E-state index contributed by atoms with van der Waals surface area (Å²) in [5, 5.41) is 2.57. The lowest BCUT2D eigenvalue weighted by Crippen LogP contribution is -2.18. The first kappa shape index (κ1) is 13.5. The molecule has 0 spiro atoms. The van der Waals surface area contributed by atoms with E-state index in [9.17, 15) is 4.79 Å². The number of rotatable bonds is 8. The quantitative estimate of drug-likeness (QED) is 0.699. The Balaban J connectivity index is 1.93. The van der Waals surface area contributed by atoms with E-state index < -0.39 is 0 Å². The van der Waals surface area contributed by atoms with Crippen LogP contribution >= 0.6 is 0 Å². The van der Waals surface area contributed by atoms with Crippen molar-refractivity contribution < 1.29 is 14.3 Å². The topological polar surface area (TPSA) is 47.6 Å². The van der Waals surface area contributed by atoms with Gasteiger partial charge >= 0.3 is 0 Å². The van der Waals surface area contributed by atoms with Crippen LogP contribution in [-0.2, 0) is 9.53 Å². The number of nitrogens with one attached hydrogen (secondary N) is 1. The normalized spacial score (nSPS) is 9.94. The van der Waals surface area contributed by atoms with Crippen molar-refractivity contribution in [3.05, 3.63) is 30.3 Å². The van der Waals surface area contributed by atoms with Gasteiger partial charge < -0.3 is 14.8 Å². The fraction of sp³-hybridized carbons (Fsp3) is 0.462. The lowest BCUT2D eigenvalue weighted by atomic mass is 10.3.